The van der Waals surface area contributed by atoms with Crippen molar-refractivity contribution in [2.45, 2.75) is 37.6 Å². The molecule has 0 bridgehead atoms. The minimum atomic E-state index is -3.52. The van der Waals surface area contributed by atoms with Gasteiger partial charge in [-0.05, 0) is 67.1 Å². The summed E-state index contributed by atoms with van der Waals surface area (Å²) in [5.41, 5.74) is 2.33. The Hall–Kier alpha value is -2.73. The highest BCUT2D eigenvalue weighted by atomic mass is 32.2. The molecule has 0 atom stereocenters. The Morgan fingerprint density at radius 3 is 2.26 bits per heavy atom. The summed E-state index contributed by atoms with van der Waals surface area (Å²) in [4.78, 5) is 17.5. The fourth-order valence-corrected chi connectivity index (χ4v) is 6.07. The molecule has 2 heterocycles. The molecule has 2 fully saturated rings. The number of carbonyl (C=O) groups excluding carboxylic acids is 1. The second-order valence-corrected chi connectivity index (χ2v) is 11.3. The number of piperidine rings is 1. The Morgan fingerprint density at radius 2 is 1.62 bits per heavy atom. The summed E-state index contributed by atoms with van der Waals surface area (Å²) in [6.45, 7) is 7.01. The van der Waals surface area contributed by atoms with E-state index in [1.807, 2.05) is 29.2 Å². The fourth-order valence-electron chi connectivity index (χ4n) is 4.60. The van der Waals surface area contributed by atoms with Crippen LogP contribution >= 0.6 is 0 Å². The lowest BCUT2D eigenvalue weighted by Crippen LogP contribution is -2.38. The summed E-state index contributed by atoms with van der Waals surface area (Å²) < 4.78 is 27.5. The summed E-state index contributed by atoms with van der Waals surface area (Å²) in [5, 5.41) is 8.96. The SMILES string of the molecule is CC1CCN(S(=O)(=O)c2ccc(C(=O)N3CCCN(Cc4ccc(C#N)cc4)CC3)cc2)CC1. The van der Waals surface area contributed by atoms with E-state index >= 15 is 0 Å². The summed E-state index contributed by atoms with van der Waals surface area (Å²) in [6, 6.07) is 16.2. The number of rotatable bonds is 5. The summed E-state index contributed by atoms with van der Waals surface area (Å²) in [6.07, 6.45) is 2.64. The van der Waals surface area contributed by atoms with E-state index in [2.05, 4.69) is 17.9 Å². The van der Waals surface area contributed by atoms with Gasteiger partial charge >= 0.3 is 0 Å². The molecule has 0 N–H and O–H groups in total. The highest BCUT2D eigenvalue weighted by Gasteiger charge is 2.28. The van der Waals surface area contributed by atoms with Crippen LogP contribution < -0.4 is 0 Å². The first-order valence-corrected chi connectivity index (χ1v) is 13.4. The molecule has 2 aliphatic heterocycles. The van der Waals surface area contributed by atoms with Gasteiger partial charge in [0.15, 0.2) is 0 Å². The molecule has 2 aromatic carbocycles. The third-order valence-electron chi connectivity index (χ3n) is 6.85. The van der Waals surface area contributed by atoms with E-state index in [4.69, 9.17) is 5.26 Å². The van der Waals surface area contributed by atoms with Crippen LogP contribution in [0.15, 0.2) is 53.4 Å². The highest BCUT2D eigenvalue weighted by molar-refractivity contribution is 7.89. The zero-order valence-electron chi connectivity index (χ0n) is 19.7. The number of carbonyl (C=O) groups is 1. The topological polar surface area (TPSA) is 84.7 Å². The summed E-state index contributed by atoms with van der Waals surface area (Å²) >= 11 is 0. The normalized spacial score (nSPS) is 18.9. The van der Waals surface area contributed by atoms with Crippen LogP contribution in [0.1, 0.15) is 47.7 Å². The van der Waals surface area contributed by atoms with Crippen molar-refractivity contribution in [3.05, 3.63) is 65.2 Å². The number of hydrogen-bond donors (Lipinski definition) is 0. The molecule has 1 amide bonds. The van der Waals surface area contributed by atoms with Gasteiger partial charge in [-0.1, -0.05) is 19.1 Å². The van der Waals surface area contributed by atoms with Gasteiger partial charge < -0.3 is 4.90 Å². The quantitative estimate of drug-likeness (QED) is 0.655. The highest BCUT2D eigenvalue weighted by Crippen LogP contribution is 2.24. The second kappa shape index (κ2) is 10.7. The fraction of sp³-hybridized carbons (Fsp3) is 0.462. The molecule has 7 nitrogen and oxygen atoms in total. The predicted molar refractivity (Wildman–Crippen MR) is 131 cm³/mol. The first-order chi connectivity index (χ1) is 16.4. The summed E-state index contributed by atoms with van der Waals surface area (Å²) in [5.74, 6) is 0.496. The van der Waals surface area contributed by atoms with E-state index in [1.165, 1.54) is 0 Å². The van der Waals surface area contributed by atoms with Crippen molar-refractivity contribution in [1.29, 1.82) is 5.26 Å². The molecule has 0 aliphatic carbocycles. The van der Waals surface area contributed by atoms with Gasteiger partial charge in [0.25, 0.3) is 5.91 Å². The first kappa shape index (κ1) is 24.4. The number of benzene rings is 2. The Labute approximate surface area is 202 Å². The average Bonchev–Trinajstić information content (AvgIpc) is 3.10. The molecule has 180 valence electrons. The Kier molecular flexibility index (Phi) is 7.67. The van der Waals surface area contributed by atoms with Crippen LogP contribution in [0.3, 0.4) is 0 Å². The second-order valence-electron chi connectivity index (χ2n) is 9.34. The smallest absolute Gasteiger partial charge is 0.253 e. The van der Waals surface area contributed by atoms with Crippen molar-refractivity contribution in [3.63, 3.8) is 0 Å². The molecule has 0 spiro atoms. The van der Waals surface area contributed by atoms with E-state index in [-0.39, 0.29) is 10.8 Å². The van der Waals surface area contributed by atoms with Gasteiger partial charge in [0, 0.05) is 51.4 Å². The average molecular weight is 481 g/mol. The number of sulfonamides is 1. The van der Waals surface area contributed by atoms with Gasteiger partial charge in [-0.15, -0.1) is 0 Å². The number of nitrogens with zero attached hydrogens (tertiary/aromatic N) is 4. The van der Waals surface area contributed by atoms with Crippen molar-refractivity contribution >= 4 is 15.9 Å². The van der Waals surface area contributed by atoms with Crippen LogP contribution in [0, 0.1) is 17.2 Å². The minimum absolute atomic E-state index is 0.0593. The van der Waals surface area contributed by atoms with Crippen LogP contribution in [-0.2, 0) is 16.6 Å². The Bertz CT molecular complexity index is 1130. The Morgan fingerprint density at radius 1 is 0.941 bits per heavy atom. The molecule has 2 saturated heterocycles. The van der Waals surface area contributed by atoms with E-state index in [1.54, 1.807) is 28.6 Å². The van der Waals surface area contributed by atoms with Gasteiger partial charge in [0.05, 0.1) is 16.5 Å². The van der Waals surface area contributed by atoms with Gasteiger partial charge in [0.2, 0.25) is 10.0 Å². The maximum atomic E-state index is 13.1. The van der Waals surface area contributed by atoms with Crippen molar-refractivity contribution < 1.29 is 13.2 Å². The van der Waals surface area contributed by atoms with Crippen molar-refractivity contribution in [1.82, 2.24) is 14.1 Å². The lowest BCUT2D eigenvalue weighted by molar-refractivity contribution is 0.0761. The van der Waals surface area contributed by atoms with E-state index < -0.39 is 10.0 Å². The van der Waals surface area contributed by atoms with Crippen LogP contribution in [-0.4, -0.2) is 67.7 Å². The van der Waals surface area contributed by atoms with Gasteiger partial charge in [-0.25, -0.2) is 8.42 Å². The molecule has 0 saturated carbocycles. The van der Waals surface area contributed by atoms with Gasteiger partial charge in [0.1, 0.15) is 0 Å². The van der Waals surface area contributed by atoms with E-state index in [0.717, 1.165) is 44.5 Å². The van der Waals surface area contributed by atoms with Crippen molar-refractivity contribution in [2.24, 2.45) is 5.92 Å². The zero-order valence-corrected chi connectivity index (χ0v) is 20.5. The number of amides is 1. The van der Waals surface area contributed by atoms with Crippen LogP contribution in [0.5, 0.6) is 0 Å². The molecule has 2 aliphatic rings. The minimum Gasteiger partial charge on any atom is -0.337 e. The molecule has 4 rings (SSSR count). The molecular weight excluding hydrogens is 448 g/mol. The number of nitriles is 1. The van der Waals surface area contributed by atoms with Gasteiger partial charge in [-0.3, -0.25) is 9.69 Å². The van der Waals surface area contributed by atoms with Gasteiger partial charge in [-0.2, -0.15) is 9.57 Å². The molecule has 2 aromatic rings. The largest absolute Gasteiger partial charge is 0.337 e. The van der Waals surface area contributed by atoms with Crippen LogP contribution in [0.4, 0.5) is 0 Å². The molecular formula is C26H32N4O3S. The summed E-state index contributed by atoms with van der Waals surface area (Å²) in [7, 11) is -3.52. The maximum absolute atomic E-state index is 13.1. The van der Waals surface area contributed by atoms with E-state index in [0.29, 0.717) is 43.2 Å². The van der Waals surface area contributed by atoms with E-state index in [9.17, 15) is 13.2 Å². The van der Waals surface area contributed by atoms with Crippen LogP contribution in [0.25, 0.3) is 0 Å². The Balaban J connectivity index is 1.36. The zero-order chi connectivity index (χ0) is 24.1. The maximum Gasteiger partial charge on any atom is 0.253 e. The molecule has 0 aromatic heterocycles. The molecule has 34 heavy (non-hydrogen) atoms. The number of hydrogen-bond acceptors (Lipinski definition) is 5. The third kappa shape index (κ3) is 5.66. The molecule has 0 unspecified atom stereocenters. The predicted octanol–water partition coefficient (Wildman–Crippen LogP) is 3.33. The first-order valence-electron chi connectivity index (χ1n) is 12.0. The third-order valence-corrected chi connectivity index (χ3v) is 8.76. The van der Waals surface area contributed by atoms with Crippen molar-refractivity contribution in [3.8, 4) is 6.07 Å². The van der Waals surface area contributed by atoms with Crippen LogP contribution in [0.2, 0.25) is 0 Å². The monoisotopic (exact) mass is 480 g/mol. The standard InChI is InChI=1S/C26H32N4O3S/c1-21-11-15-30(16-12-21)34(32,33)25-9-7-24(8-10-25)26(31)29-14-2-13-28(17-18-29)20-23-5-3-22(19-27)4-6-23/h3-10,21H,2,11-18,20H2,1H3. The lowest BCUT2D eigenvalue weighted by atomic mass is 10.0. The van der Waals surface area contributed by atoms with Crippen molar-refractivity contribution in [2.75, 3.05) is 39.3 Å². The molecule has 0 radical (unpaired) electrons. The lowest BCUT2D eigenvalue weighted by Gasteiger charge is -2.29. The molecule has 8 heteroatoms.